The Hall–Kier alpha value is -1.26. The fourth-order valence-electron chi connectivity index (χ4n) is 1.38. The van der Waals surface area contributed by atoms with Gasteiger partial charge in [0.2, 0.25) is 0 Å². The first-order valence-corrected chi connectivity index (χ1v) is 6.01. The number of nitrogen functional groups attached to an aromatic ring is 1. The Morgan fingerprint density at radius 3 is 2.65 bits per heavy atom. The topological polar surface area (TPSA) is 38.0 Å². The van der Waals surface area contributed by atoms with Gasteiger partial charge in [-0.1, -0.05) is 17.7 Å². The van der Waals surface area contributed by atoms with Crippen LogP contribution in [0.25, 0.3) is 0 Å². The minimum atomic E-state index is -0.354. The Balaban J connectivity index is 2.38. The lowest BCUT2D eigenvalue weighted by Crippen LogP contribution is -1.96. The molecule has 2 rings (SSSR count). The highest BCUT2D eigenvalue weighted by Gasteiger charge is 2.08. The Morgan fingerprint density at radius 1 is 1.24 bits per heavy atom. The lowest BCUT2D eigenvalue weighted by Gasteiger charge is -2.11. The highest BCUT2D eigenvalue weighted by atomic mass is 79.9. The number of benzene rings is 2. The molecule has 0 spiro atoms. The molecule has 0 saturated heterocycles. The van der Waals surface area contributed by atoms with Crippen LogP contribution in [0.5, 0.6) is 0 Å². The summed E-state index contributed by atoms with van der Waals surface area (Å²) in [5.74, 6) is -0.354. The first-order chi connectivity index (χ1) is 8.08. The number of rotatable bonds is 2. The molecule has 2 nitrogen and oxygen atoms in total. The van der Waals surface area contributed by atoms with E-state index in [1.807, 2.05) is 0 Å². The van der Waals surface area contributed by atoms with Gasteiger partial charge in [0.25, 0.3) is 0 Å². The van der Waals surface area contributed by atoms with Crippen molar-refractivity contribution in [2.45, 2.75) is 0 Å². The van der Waals surface area contributed by atoms with Gasteiger partial charge in [0, 0.05) is 10.2 Å². The van der Waals surface area contributed by atoms with Crippen molar-refractivity contribution < 1.29 is 4.39 Å². The van der Waals surface area contributed by atoms with Crippen LogP contribution in [-0.2, 0) is 0 Å². The minimum Gasteiger partial charge on any atom is -0.399 e. The molecule has 0 saturated carbocycles. The number of hydrogen-bond acceptors (Lipinski definition) is 2. The van der Waals surface area contributed by atoms with Crippen molar-refractivity contribution in [1.29, 1.82) is 0 Å². The maximum atomic E-state index is 13.6. The predicted octanol–water partition coefficient (Wildman–Crippen LogP) is 4.57. The van der Waals surface area contributed by atoms with E-state index in [1.54, 1.807) is 30.3 Å². The summed E-state index contributed by atoms with van der Waals surface area (Å²) in [4.78, 5) is 0. The molecule has 0 aliphatic carbocycles. The van der Waals surface area contributed by atoms with E-state index in [1.165, 1.54) is 6.07 Å². The summed E-state index contributed by atoms with van der Waals surface area (Å²) in [6.07, 6.45) is 0. The number of halogens is 3. The highest BCUT2D eigenvalue weighted by molar-refractivity contribution is 9.10. The second kappa shape index (κ2) is 4.94. The third kappa shape index (κ3) is 2.70. The Kier molecular flexibility index (Phi) is 3.54. The van der Waals surface area contributed by atoms with E-state index in [2.05, 4.69) is 21.2 Å². The number of nitrogens with two attached hydrogens (primary N) is 1. The van der Waals surface area contributed by atoms with Crippen molar-refractivity contribution in [2.75, 3.05) is 11.1 Å². The second-order valence-electron chi connectivity index (χ2n) is 3.46. The number of nitrogens with one attached hydrogen (secondary N) is 1. The lowest BCUT2D eigenvalue weighted by atomic mass is 10.2. The molecule has 0 atom stereocenters. The SMILES string of the molecule is Nc1ccc(Nc2c(F)cccc2Br)c(Cl)c1. The third-order valence-corrected chi connectivity index (χ3v) is 3.19. The van der Waals surface area contributed by atoms with Gasteiger partial charge in [0.15, 0.2) is 0 Å². The van der Waals surface area contributed by atoms with E-state index in [9.17, 15) is 4.39 Å². The largest absolute Gasteiger partial charge is 0.399 e. The number of hydrogen-bond donors (Lipinski definition) is 2. The van der Waals surface area contributed by atoms with Crippen molar-refractivity contribution in [3.63, 3.8) is 0 Å². The summed E-state index contributed by atoms with van der Waals surface area (Å²) in [7, 11) is 0. The first-order valence-electron chi connectivity index (χ1n) is 4.84. The van der Waals surface area contributed by atoms with Crippen LogP contribution in [0.3, 0.4) is 0 Å². The average molecular weight is 316 g/mol. The second-order valence-corrected chi connectivity index (χ2v) is 4.72. The Labute approximate surface area is 112 Å². The van der Waals surface area contributed by atoms with E-state index < -0.39 is 0 Å². The van der Waals surface area contributed by atoms with E-state index >= 15 is 0 Å². The van der Waals surface area contributed by atoms with E-state index in [-0.39, 0.29) is 5.82 Å². The molecule has 0 radical (unpaired) electrons. The molecular weight excluding hydrogens is 307 g/mol. The van der Waals surface area contributed by atoms with Gasteiger partial charge in [-0.05, 0) is 46.3 Å². The summed E-state index contributed by atoms with van der Waals surface area (Å²) < 4.78 is 14.2. The van der Waals surface area contributed by atoms with E-state index in [0.29, 0.717) is 26.6 Å². The van der Waals surface area contributed by atoms with E-state index in [4.69, 9.17) is 17.3 Å². The smallest absolute Gasteiger partial charge is 0.147 e. The van der Waals surface area contributed by atoms with Gasteiger partial charge in [0.05, 0.1) is 16.4 Å². The summed E-state index contributed by atoms with van der Waals surface area (Å²) >= 11 is 9.28. The van der Waals surface area contributed by atoms with Crippen LogP contribution in [0.4, 0.5) is 21.5 Å². The summed E-state index contributed by atoms with van der Waals surface area (Å²) in [5.41, 5.74) is 7.10. The molecule has 2 aromatic carbocycles. The quantitative estimate of drug-likeness (QED) is 0.797. The van der Waals surface area contributed by atoms with Crippen molar-refractivity contribution in [3.8, 4) is 0 Å². The summed E-state index contributed by atoms with van der Waals surface area (Å²) in [6, 6.07) is 9.75. The standard InChI is InChI=1S/C12H9BrClFN2/c13-8-2-1-3-10(15)12(8)17-11-5-4-7(16)6-9(11)14/h1-6,17H,16H2. The third-order valence-electron chi connectivity index (χ3n) is 2.22. The maximum Gasteiger partial charge on any atom is 0.147 e. The van der Waals surface area contributed by atoms with Crippen molar-refractivity contribution in [1.82, 2.24) is 0 Å². The Bertz CT molecular complexity index is 540. The van der Waals surface area contributed by atoms with Gasteiger partial charge < -0.3 is 11.1 Å². The van der Waals surface area contributed by atoms with Crippen LogP contribution >= 0.6 is 27.5 Å². The van der Waals surface area contributed by atoms with Crippen LogP contribution in [0.2, 0.25) is 5.02 Å². The average Bonchev–Trinajstić information content (AvgIpc) is 2.26. The fraction of sp³-hybridized carbons (Fsp3) is 0. The minimum absolute atomic E-state index is 0.346. The molecule has 0 fully saturated rings. The molecule has 88 valence electrons. The number of para-hydroxylation sites is 1. The summed E-state index contributed by atoms with van der Waals surface area (Å²) in [6.45, 7) is 0. The molecule has 5 heteroatoms. The van der Waals surface area contributed by atoms with Gasteiger partial charge in [0.1, 0.15) is 5.82 Å². The molecule has 0 bridgehead atoms. The maximum absolute atomic E-state index is 13.6. The molecule has 2 aromatic rings. The highest BCUT2D eigenvalue weighted by Crippen LogP contribution is 2.32. The fourth-order valence-corrected chi connectivity index (χ4v) is 2.06. The van der Waals surface area contributed by atoms with Crippen LogP contribution in [-0.4, -0.2) is 0 Å². The number of anilines is 3. The van der Waals surface area contributed by atoms with Crippen LogP contribution < -0.4 is 11.1 Å². The zero-order valence-corrected chi connectivity index (χ0v) is 11.0. The molecule has 0 unspecified atom stereocenters. The van der Waals surface area contributed by atoms with Gasteiger partial charge in [-0.3, -0.25) is 0 Å². The predicted molar refractivity (Wildman–Crippen MR) is 73.2 cm³/mol. The normalized spacial score (nSPS) is 10.3. The van der Waals surface area contributed by atoms with Gasteiger partial charge in [-0.2, -0.15) is 0 Å². The molecule has 3 N–H and O–H groups in total. The molecule has 17 heavy (non-hydrogen) atoms. The van der Waals surface area contributed by atoms with Gasteiger partial charge >= 0.3 is 0 Å². The van der Waals surface area contributed by atoms with Crippen molar-refractivity contribution >= 4 is 44.6 Å². The molecule has 0 aliphatic rings. The zero-order valence-electron chi connectivity index (χ0n) is 8.68. The van der Waals surface area contributed by atoms with Crippen molar-refractivity contribution in [3.05, 3.63) is 51.7 Å². The molecule has 0 heterocycles. The molecular formula is C12H9BrClFN2. The van der Waals surface area contributed by atoms with Crippen LogP contribution in [0.15, 0.2) is 40.9 Å². The monoisotopic (exact) mass is 314 g/mol. The van der Waals surface area contributed by atoms with E-state index in [0.717, 1.165) is 0 Å². The first kappa shape index (κ1) is 12.2. The van der Waals surface area contributed by atoms with Crippen LogP contribution in [0, 0.1) is 5.82 Å². The molecule has 0 aliphatic heterocycles. The molecule has 0 aromatic heterocycles. The van der Waals surface area contributed by atoms with Crippen LogP contribution in [0.1, 0.15) is 0 Å². The zero-order chi connectivity index (χ0) is 12.4. The molecule has 0 amide bonds. The lowest BCUT2D eigenvalue weighted by molar-refractivity contribution is 0.631. The Morgan fingerprint density at radius 2 is 2.00 bits per heavy atom. The van der Waals surface area contributed by atoms with Gasteiger partial charge in [-0.15, -0.1) is 0 Å². The van der Waals surface area contributed by atoms with Gasteiger partial charge in [-0.25, -0.2) is 4.39 Å². The summed E-state index contributed by atoms with van der Waals surface area (Å²) in [5, 5.41) is 3.37. The van der Waals surface area contributed by atoms with Crippen molar-refractivity contribution in [2.24, 2.45) is 0 Å².